The Morgan fingerprint density at radius 2 is 2.20 bits per heavy atom. The van der Waals surface area contributed by atoms with Crippen LogP contribution in [0.4, 0.5) is 5.69 Å². The van der Waals surface area contributed by atoms with Crippen molar-refractivity contribution in [3.8, 4) is 0 Å². The smallest absolute Gasteiger partial charge is 0.295 e. The van der Waals surface area contributed by atoms with Crippen LogP contribution in [-0.4, -0.2) is 25.5 Å². The predicted molar refractivity (Wildman–Crippen MR) is 74.9 cm³/mol. The van der Waals surface area contributed by atoms with Gasteiger partial charge in [-0.1, -0.05) is 17.7 Å². The van der Waals surface area contributed by atoms with Crippen molar-refractivity contribution in [2.24, 2.45) is 0 Å². The van der Waals surface area contributed by atoms with E-state index in [1.54, 1.807) is 36.7 Å². The van der Waals surface area contributed by atoms with Gasteiger partial charge < -0.3 is 5.32 Å². The molecule has 0 atom stereocenters. The number of hydrogen-bond acceptors (Lipinski definition) is 4. The highest BCUT2D eigenvalue weighted by molar-refractivity contribution is 6.31. The summed E-state index contributed by atoms with van der Waals surface area (Å²) >= 11 is 6.01. The molecular weight excluding hydrogens is 278 g/mol. The summed E-state index contributed by atoms with van der Waals surface area (Å²) in [7, 11) is 0. The second-order valence-electron chi connectivity index (χ2n) is 4.17. The number of anilines is 1. The highest BCUT2D eigenvalue weighted by Crippen LogP contribution is 2.23. The van der Waals surface area contributed by atoms with E-state index in [9.17, 15) is 4.79 Å². The van der Waals surface area contributed by atoms with Crippen LogP contribution >= 0.6 is 11.6 Å². The van der Waals surface area contributed by atoms with Crippen molar-refractivity contribution in [3.05, 3.63) is 53.1 Å². The van der Waals surface area contributed by atoms with Crippen molar-refractivity contribution >= 4 is 29.0 Å². The van der Waals surface area contributed by atoms with Gasteiger partial charge in [-0.2, -0.15) is 4.98 Å². The first-order chi connectivity index (χ1) is 9.65. The second kappa shape index (κ2) is 4.90. The van der Waals surface area contributed by atoms with E-state index in [0.29, 0.717) is 16.5 Å². The Morgan fingerprint density at radius 1 is 1.35 bits per heavy atom. The molecule has 0 fully saturated rings. The molecule has 7 heteroatoms. The van der Waals surface area contributed by atoms with Crippen molar-refractivity contribution in [3.63, 3.8) is 0 Å². The van der Waals surface area contributed by atoms with Crippen LogP contribution in [0.5, 0.6) is 0 Å². The lowest BCUT2D eigenvalue weighted by atomic mass is 10.2. The van der Waals surface area contributed by atoms with Crippen molar-refractivity contribution in [2.75, 3.05) is 5.32 Å². The van der Waals surface area contributed by atoms with E-state index in [1.807, 2.05) is 6.92 Å². The largest absolute Gasteiger partial charge is 0.319 e. The molecule has 0 saturated heterocycles. The van der Waals surface area contributed by atoms with Gasteiger partial charge in [0.2, 0.25) is 5.82 Å². The van der Waals surface area contributed by atoms with Gasteiger partial charge in [0.1, 0.15) is 0 Å². The molecule has 1 amide bonds. The number of benzene rings is 1. The first-order valence-electron chi connectivity index (χ1n) is 5.89. The Bertz CT molecular complexity index is 765. The molecule has 0 unspecified atom stereocenters. The zero-order valence-electron chi connectivity index (χ0n) is 10.5. The van der Waals surface area contributed by atoms with Crippen LogP contribution in [-0.2, 0) is 0 Å². The molecule has 0 aliphatic rings. The fraction of sp³-hybridized carbons (Fsp3) is 0.0769. The molecule has 2 aromatic heterocycles. The normalized spacial score (nSPS) is 10.7. The highest BCUT2D eigenvalue weighted by atomic mass is 35.5. The standard InChI is InChI=1S/C13H10ClN5O/c1-8-9(14)4-2-5-10(8)16-12(20)11-17-13-15-6-3-7-19(13)18-11/h2-7H,1H3,(H,16,20). The molecule has 6 nitrogen and oxygen atoms in total. The average molecular weight is 288 g/mol. The van der Waals surface area contributed by atoms with Crippen molar-refractivity contribution in [1.82, 2.24) is 19.6 Å². The molecule has 100 valence electrons. The molecule has 1 aromatic carbocycles. The van der Waals surface area contributed by atoms with Gasteiger partial charge in [-0.05, 0) is 30.7 Å². The van der Waals surface area contributed by atoms with E-state index in [4.69, 9.17) is 11.6 Å². The second-order valence-corrected chi connectivity index (χ2v) is 4.57. The minimum atomic E-state index is -0.402. The third kappa shape index (κ3) is 2.21. The third-order valence-corrected chi connectivity index (χ3v) is 3.25. The SMILES string of the molecule is Cc1c(Cl)cccc1NC(=O)c1nc2ncccn2n1. The molecule has 3 aromatic rings. The van der Waals surface area contributed by atoms with E-state index in [1.165, 1.54) is 4.52 Å². The molecule has 0 aliphatic heterocycles. The Labute approximate surface area is 119 Å². The average Bonchev–Trinajstić information content (AvgIpc) is 2.88. The summed E-state index contributed by atoms with van der Waals surface area (Å²) in [5.74, 6) is 0.0319. The quantitative estimate of drug-likeness (QED) is 0.785. The molecule has 0 saturated carbocycles. The van der Waals surface area contributed by atoms with Crippen LogP contribution in [0.1, 0.15) is 16.2 Å². The summed E-state index contributed by atoms with van der Waals surface area (Å²) in [6.07, 6.45) is 3.27. The molecule has 3 rings (SSSR count). The number of halogens is 1. The molecule has 0 aliphatic carbocycles. The lowest BCUT2D eigenvalue weighted by Gasteiger charge is -2.07. The first-order valence-corrected chi connectivity index (χ1v) is 6.27. The zero-order valence-corrected chi connectivity index (χ0v) is 11.3. The van der Waals surface area contributed by atoms with Crippen LogP contribution in [0.25, 0.3) is 5.78 Å². The molecule has 0 radical (unpaired) electrons. The van der Waals surface area contributed by atoms with Gasteiger partial charge >= 0.3 is 0 Å². The van der Waals surface area contributed by atoms with Crippen LogP contribution in [0.15, 0.2) is 36.7 Å². The number of nitrogens with one attached hydrogen (secondary N) is 1. The first kappa shape index (κ1) is 12.6. The molecule has 2 heterocycles. The van der Waals surface area contributed by atoms with Gasteiger partial charge in [0.05, 0.1) is 0 Å². The lowest BCUT2D eigenvalue weighted by molar-refractivity contribution is 0.101. The third-order valence-electron chi connectivity index (χ3n) is 2.84. The van der Waals surface area contributed by atoms with Crippen LogP contribution in [0.2, 0.25) is 5.02 Å². The predicted octanol–water partition coefficient (Wildman–Crippen LogP) is 2.34. The van der Waals surface area contributed by atoms with Gasteiger partial charge in [0, 0.05) is 23.1 Å². The summed E-state index contributed by atoms with van der Waals surface area (Å²) in [5.41, 5.74) is 1.43. The van der Waals surface area contributed by atoms with E-state index in [-0.39, 0.29) is 5.82 Å². The van der Waals surface area contributed by atoms with Gasteiger partial charge in [0.15, 0.2) is 0 Å². The minimum absolute atomic E-state index is 0.0584. The fourth-order valence-corrected chi connectivity index (χ4v) is 1.92. The maximum atomic E-state index is 12.1. The summed E-state index contributed by atoms with van der Waals surface area (Å²) in [5, 5.41) is 7.39. The van der Waals surface area contributed by atoms with E-state index >= 15 is 0 Å². The number of nitrogens with zero attached hydrogens (tertiary/aromatic N) is 4. The maximum absolute atomic E-state index is 12.1. The van der Waals surface area contributed by atoms with Crippen LogP contribution in [0.3, 0.4) is 0 Å². The summed E-state index contributed by atoms with van der Waals surface area (Å²) in [6.45, 7) is 1.83. The zero-order chi connectivity index (χ0) is 14.1. The van der Waals surface area contributed by atoms with Crippen molar-refractivity contribution in [1.29, 1.82) is 0 Å². The number of carbonyl (C=O) groups is 1. The van der Waals surface area contributed by atoms with E-state index in [0.717, 1.165) is 5.56 Å². The molecule has 0 bridgehead atoms. The number of amides is 1. The van der Waals surface area contributed by atoms with Crippen LogP contribution in [0, 0.1) is 6.92 Å². The van der Waals surface area contributed by atoms with Crippen molar-refractivity contribution < 1.29 is 4.79 Å². The van der Waals surface area contributed by atoms with Crippen LogP contribution < -0.4 is 5.32 Å². The number of aromatic nitrogens is 4. The molecular formula is C13H10ClN5O. The molecule has 0 spiro atoms. The number of rotatable bonds is 2. The number of hydrogen-bond donors (Lipinski definition) is 1. The maximum Gasteiger partial charge on any atom is 0.295 e. The Hall–Kier alpha value is -2.47. The minimum Gasteiger partial charge on any atom is -0.319 e. The van der Waals surface area contributed by atoms with Gasteiger partial charge in [-0.3, -0.25) is 4.79 Å². The summed E-state index contributed by atoms with van der Waals surface area (Å²) < 4.78 is 1.44. The molecule has 20 heavy (non-hydrogen) atoms. The lowest BCUT2D eigenvalue weighted by Crippen LogP contribution is -2.14. The van der Waals surface area contributed by atoms with Gasteiger partial charge in [0.25, 0.3) is 11.7 Å². The Balaban J connectivity index is 1.91. The van der Waals surface area contributed by atoms with Gasteiger partial charge in [-0.15, -0.1) is 5.10 Å². The monoisotopic (exact) mass is 287 g/mol. The summed E-state index contributed by atoms with van der Waals surface area (Å²) in [6, 6.07) is 7.01. The topological polar surface area (TPSA) is 72.2 Å². The Morgan fingerprint density at radius 3 is 3.00 bits per heavy atom. The Kier molecular flexibility index (Phi) is 3.08. The van der Waals surface area contributed by atoms with E-state index < -0.39 is 5.91 Å². The molecule has 1 N–H and O–H groups in total. The number of carbonyl (C=O) groups excluding carboxylic acids is 1. The highest BCUT2D eigenvalue weighted by Gasteiger charge is 2.14. The van der Waals surface area contributed by atoms with Crippen molar-refractivity contribution in [2.45, 2.75) is 6.92 Å². The van der Waals surface area contributed by atoms with Gasteiger partial charge in [-0.25, -0.2) is 9.50 Å². The fourth-order valence-electron chi connectivity index (χ4n) is 1.75. The van der Waals surface area contributed by atoms with E-state index in [2.05, 4.69) is 20.4 Å². The number of fused-ring (bicyclic) bond motifs is 1. The summed E-state index contributed by atoms with van der Waals surface area (Å²) in [4.78, 5) is 20.2.